The predicted octanol–water partition coefficient (Wildman–Crippen LogP) is 3.64. The molecule has 1 saturated carbocycles. The zero-order valence-electron chi connectivity index (χ0n) is 10.4. The first-order valence-electron chi connectivity index (χ1n) is 6.27. The number of nitrogens with one attached hydrogen (secondary N) is 1. The summed E-state index contributed by atoms with van der Waals surface area (Å²) >= 11 is 5.95. The lowest BCUT2D eigenvalue weighted by atomic mass is 9.89. The third-order valence-corrected chi connectivity index (χ3v) is 3.51. The molecule has 0 aromatic heterocycles. The van der Waals surface area contributed by atoms with E-state index in [1.165, 1.54) is 6.42 Å². The molecule has 0 radical (unpaired) electrons. The molecular weight excluding hydrogens is 248 g/mol. The highest BCUT2D eigenvalue weighted by Crippen LogP contribution is 2.21. The molecule has 0 heterocycles. The van der Waals surface area contributed by atoms with Gasteiger partial charge in [0.05, 0.1) is 10.6 Å². The molecule has 1 N–H and O–H groups in total. The third kappa shape index (κ3) is 3.33. The van der Waals surface area contributed by atoms with Crippen LogP contribution in [0.2, 0.25) is 5.02 Å². The van der Waals surface area contributed by atoms with Crippen molar-refractivity contribution in [1.29, 1.82) is 0 Å². The minimum Gasteiger partial charge on any atom is -0.267 e. The van der Waals surface area contributed by atoms with E-state index in [2.05, 4.69) is 17.5 Å². The summed E-state index contributed by atoms with van der Waals surface area (Å²) in [4.78, 5) is 11.9. The number of carbonyl (C=O) groups is 1. The second-order valence-electron chi connectivity index (χ2n) is 4.80. The molecule has 0 aliphatic heterocycles. The summed E-state index contributed by atoms with van der Waals surface area (Å²) in [5, 5.41) is 4.66. The number of amides is 1. The topological polar surface area (TPSA) is 41.5 Å². The maximum absolute atomic E-state index is 11.9. The van der Waals surface area contributed by atoms with Gasteiger partial charge < -0.3 is 0 Å². The van der Waals surface area contributed by atoms with Crippen LogP contribution in [0, 0.1) is 5.92 Å². The zero-order chi connectivity index (χ0) is 13.0. The number of hydrazone groups is 1. The number of hydrogen-bond acceptors (Lipinski definition) is 2. The van der Waals surface area contributed by atoms with Crippen molar-refractivity contribution >= 4 is 23.2 Å². The molecular formula is C14H17ClN2O. The number of rotatable bonds is 2. The molecule has 1 aliphatic rings. The van der Waals surface area contributed by atoms with Crippen LogP contribution in [0.25, 0.3) is 0 Å². The van der Waals surface area contributed by atoms with E-state index in [9.17, 15) is 4.79 Å². The van der Waals surface area contributed by atoms with Gasteiger partial charge in [-0.25, -0.2) is 5.43 Å². The third-order valence-electron chi connectivity index (χ3n) is 3.18. The van der Waals surface area contributed by atoms with Crippen molar-refractivity contribution in [2.45, 2.75) is 32.6 Å². The van der Waals surface area contributed by atoms with Crippen molar-refractivity contribution in [3.8, 4) is 0 Å². The number of hydrogen-bond donors (Lipinski definition) is 1. The Morgan fingerprint density at radius 3 is 2.94 bits per heavy atom. The fourth-order valence-corrected chi connectivity index (χ4v) is 2.42. The summed E-state index contributed by atoms with van der Waals surface area (Å²) in [5.74, 6) is 0.418. The van der Waals surface area contributed by atoms with E-state index in [1.54, 1.807) is 24.3 Å². The molecule has 3 nitrogen and oxygen atoms in total. The van der Waals surface area contributed by atoms with Gasteiger partial charge in [0, 0.05) is 5.71 Å². The van der Waals surface area contributed by atoms with Crippen molar-refractivity contribution in [2.24, 2.45) is 11.0 Å². The number of carbonyl (C=O) groups excluding carboxylic acids is 1. The normalized spacial score (nSPS) is 21.9. The Morgan fingerprint density at radius 2 is 2.22 bits per heavy atom. The van der Waals surface area contributed by atoms with Crippen LogP contribution in [0.4, 0.5) is 0 Å². The van der Waals surface area contributed by atoms with Gasteiger partial charge >= 0.3 is 0 Å². The van der Waals surface area contributed by atoms with Crippen molar-refractivity contribution < 1.29 is 4.79 Å². The molecule has 0 saturated heterocycles. The fraction of sp³-hybridized carbons (Fsp3) is 0.429. The summed E-state index contributed by atoms with van der Waals surface area (Å²) in [6.45, 7) is 2.21. The van der Waals surface area contributed by atoms with Crippen LogP contribution in [-0.2, 0) is 0 Å². The molecule has 1 atom stereocenters. The van der Waals surface area contributed by atoms with Crippen molar-refractivity contribution in [2.75, 3.05) is 0 Å². The van der Waals surface area contributed by atoms with Crippen LogP contribution in [-0.4, -0.2) is 11.6 Å². The molecule has 1 aliphatic carbocycles. The lowest BCUT2D eigenvalue weighted by molar-refractivity contribution is 0.0954. The van der Waals surface area contributed by atoms with E-state index >= 15 is 0 Å². The summed E-state index contributed by atoms with van der Waals surface area (Å²) in [6, 6.07) is 6.98. The minimum atomic E-state index is -0.244. The van der Waals surface area contributed by atoms with Crippen LogP contribution < -0.4 is 5.43 Å². The van der Waals surface area contributed by atoms with Gasteiger partial charge in [-0.3, -0.25) is 4.79 Å². The molecule has 0 spiro atoms. The van der Waals surface area contributed by atoms with Crippen molar-refractivity contribution in [3.05, 3.63) is 34.9 Å². The highest BCUT2D eigenvalue weighted by atomic mass is 35.5. The Balaban J connectivity index is 2.00. The Labute approximate surface area is 112 Å². The van der Waals surface area contributed by atoms with E-state index in [0.717, 1.165) is 25.0 Å². The first-order chi connectivity index (χ1) is 8.66. The Bertz CT molecular complexity index is 471. The standard InChI is InChI=1S/C14H17ClN2O/c1-10-5-4-6-11(9-10)16-17-14(18)12-7-2-3-8-13(12)15/h2-3,7-8,10H,4-6,9H2,1H3,(H,17,18). The van der Waals surface area contributed by atoms with E-state index < -0.39 is 0 Å². The molecule has 96 valence electrons. The Hall–Kier alpha value is -1.35. The maximum atomic E-state index is 11.9. The predicted molar refractivity (Wildman–Crippen MR) is 74.0 cm³/mol. The second-order valence-corrected chi connectivity index (χ2v) is 5.21. The molecule has 1 aromatic carbocycles. The van der Waals surface area contributed by atoms with Gasteiger partial charge in [0.2, 0.25) is 0 Å². The first-order valence-corrected chi connectivity index (χ1v) is 6.65. The van der Waals surface area contributed by atoms with Gasteiger partial charge in [-0.15, -0.1) is 0 Å². The van der Waals surface area contributed by atoms with Crippen molar-refractivity contribution in [1.82, 2.24) is 5.43 Å². The Morgan fingerprint density at radius 1 is 1.44 bits per heavy atom. The van der Waals surface area contributed by atoms with Gasteiger partial charge in [0.25, 0.3) is 5.91 Å². The lowest BCUT2D eigenvalue weighted by Crippen LogP contribution is -2.22. The van der Waals surface area contributed by atoms with Gasteiger partial charge in [-0.05, 0) is 43.7 Å². The van der Waals surface area contributed by atoms with E-state index in [4.69, 9.17) is 11.6 Å². The fourth-order valence-electron chi connectivity index (χ4n) is 2.20. The van der Waals surface area contributed by atoms with Gasteiger partial charge in [0.15, 0.2) is 0 Å². The number of benzene rings is 1. The largest absolute Gasteiger partial charge is 0.272 e. The van der Waals surface area contributed by atoms with Crippen molar-refractivity contribution in [3.63, 3.8) is 0 Å². The van der Waals surface area contributed by atoms with E-state index in [0.29, 0.717) is 16.5 Å². The molecule has 1 fully saturated rings. The average Bonchev–Trinajstić information content (AvgIpc) is 2.37. The quantitative estimate of drug-likeness (QED) is 0.814. The smallest absolute Gasteiger partial charge is 0.267 e. The molecule has 0 bridgehead atoms. The molecule has 2 rings (SSSR count). The summed E-state index contributed by atoms with van der Waals surface area (Å²) < 4.78 is 0. The van der Waals surface area contributed by atoms with Crippen LogP contribution >= 0.6 is 11.6 Å². The highest BCUT2D eigenvalue weighted by Gasteiger charge is 2.15. The molecule has 1 unspecified atom stereocenters. The minimum absolute atomic E-state index is 0.244. The summed E-state index contributed by atoms with van der Waals surface area (Å²) in [6.07, 6.45) is 4.36. The second kappa shape index (κ2) is 6.01. The highest BCUT2D eigenvalue weighted by molar-refractivity contribution is 6.33. The maximum Gasteiger partial charge on any atom is 0.272 e. The lowest BCUT2D eigenvalue weighted by Gasteiger charge is -2.18. The molecule has 18 heavy (non-hydrogen) atoms. The molecule has 1 amide bonds. The summed E-state index contributed by atoms with van der Waals surface area (Å²) in [7, 11) is 0. The first kappa shape index (κ1) is 13.1. The van der Waals surface area contributed by atoms with Crippen LogP contribution in [0.15, 0.2) is 29.4 Å². The van der Waals surface area contributed by atoms with E-state index in [1.807, 2.05) is 0 Å². The van der Waals surface area contributed by atoms with Crippen LogP contribution in [0.1, 0.15) is 43.0 Å². The zero-order valence-corrected chi connectivity index (χ0v) is 11.2. The number of nitrogens with zero attached hydrogens (tertiary/aromatic N) is 1. The molecule has 1 aromatic rings. The molecule has 4 heteroatoms. The average molecular weight is 265 g/mol. The van der Waals surface area contributed by atoms with Crippen LogP contribution in [0.5, 0.6) is 0 Å². The van der Waals surface area contributed by atoms with Crippen LogP contribution in [0.3, 0.4) is 0 Å². The van der Waals surface area contributed by atoms with Gasteiger partial charge in [-0.1, -0.05) is 30.7 Å². The van der Waals surface area contributed by atoms with E-state index in [-0.39, 0.29) is 5.91 Å². The SMILES string of the molecule is CC1CCCC(=NNC(=O)c2ccccc2Cl)C1. The number of halogens is 1. The van der Waals surface area contributed by atoms with Gasteiger partial charge in [0.1, 0.15) is 0 Å². The summed E-state index contributed by atoms with van der Waals surface area (Å²) in [5.41, 5.74) is 4.14. The van der Waals surface area contributed by atoms with Gasteiger partial charge in [-0.2, -0.15) is 5.10 Å². The Kier molecular flexibility index (Phi) is 4.37. The monoisotopic (exact) mass is 264 g/mol.